The molecule has 0 unspecified atom stereocenters. The third-order valence-corrected chi connectivity index (χ3v) is 4.43. The van der Waals surface area contributed by atoms with Crippen LogP contribution in [-0.4, -0.2) is 24.2 Å². The van der Waals surface area contributed by atoms with Gasteiger partial charge in [-0.3, -0.25) is 4.79 Å². The Bertz CT molecular complexity index is 410. The molecule has 3 nitrogen and oxygen atoms in total. The number of carbonyl (C=O) groups is 1. The summed E-state index contributed by atoms with van der Waals surface area (Å²) in [5.41, 5.74) is 6.37. The van der Waals surface area contributed by atoms with Crippen LogP contribution in [0.1, 0.15) is 36.0 Å². The third-order valence-electron chi connectivity index (χ3n) is 3.68. The normalized spacial score (nSPS) is 17.7. The summed E-state index contributed by atoms with van der Waals surface area (Å²) in [7, 11) is 0. The van der Waals surface area contributed by atoms with Crippen LogP contribution >= 0.6 is 11.8 Å². The lowest BCUT2D eigenvalue weighted by atomic mass is 9.97. The highest BCUT2D eigenvalue weighted by atomic mass is 32.2. The number of nitrogens with two attached hydrogens (primary N) is 1. The molecule has 2 rings (SSSR count). The van der Waals surface area contributed by atoms with Crippen molar-refractivity contribution < 1.29 is 4.79 Å². The van der Waals surface area contributed by atoms with E-state index in [1.54, 1.807) is 11.8 Å². The Balaban J connectivity index is 2.06. The minimum absolute atomic E-state index is 0.00463. The van der Waals surface area contributed by atoms with Crippen molar-refractivity contribution in [1.29, 1.82) is 0 Å². The quantitative estimate of drug-likeness (QED) is 0.821. The first-order chi connectivity index (χ1) is 8.69. The van der Waals surface area contributed by atoms with Crippen LogP contribution in [0.2, 0.25) is 0 Å². The van der Waals surface area contributed by atoms with E-state index >= 15 is 0 Å². The minimum atomic E-state index is -0.171. The van der Waals surface area contributed by atoms with Crippen LogP contribution in [0.3, 0.4) is 0 Å². The molecule has 0 aliphatic heterocycles. The third kappa shape index (κ3) is 2.87. The molecule has 1 fully saturated rings. The molecule has 1 aromatic rings. The molecule has 1 aliphatic carbocycles. The zero-order valence-electron chi connectivity index (χ0n) is 10.7. The highest BCUT2D eigenvalue weighted by Crippen LogP contribution is 2.29. The fourth-order valence-electron chi connectivity index (χ4n) is 2.49. The maximum atomic E-state index is 12.2. The summed E-state index contributed by atoms with van der Waals surface area (Å²) >= 11 is 1.67. The number of nitrogens with one attached hydrogen (secondary N) is 1. The van der Waals surface area contributed by atoms with E-state index in [0.29, 0.717) is 12.1 Å². The van der Waals surface area contributed by atoms with Gasteiger partial charge in [0.05, 0.1) is 5.54 Å². The van der Waals surface area contributed by atoms with Gasteiger partial charge in [-0.25, -0.2) is 0 Å². The van der Waals surface area contributed by atoms with Crippen molar-refractivity contribution in [1.82, 2.24) is 5.32 Å². The molecule has 0 radical (unpaired) electrons. The van der Waals surface area contributed by atoms with Gasteiger partial charge >= 0.3 is 0 Å². The van der Waals surface area contributed by atoms with Crippen molar-refractivity contribution in [3.63, 3.8) is 0 Å². The number of thioether (sulfide) groups is 1. The van der Waals surface area contributed by atoms with E-state index in [0.717, 1.165) is 25.7 Å². The second-order valence-electron chi connectivity index (χ2n) is 4.87. The van der Waals surface area contributed by atoms with E-state index in [9.17, 15) is 4.79 Å². The van der Waals surface area contributed by atoms with Crippen LogP contribution in [0.25, 0.3) is 0 Å². The van der Waals surface area contributed by atoms with Crippen LogP contribution in [0, 0.1) is 0 Å². The molecule has 1 aliphatic rings. The molecular formula is C14H20N2OS. The summed E-state index contributed by atoms with van der Waals surface area (Å²) < 4.78 is 0. The Morgan fingerprint density at radius 2 is 1.94 bits per heavy atom. The Morgan fingerprint density at radius 3 is 2.44 bits per heavy atom. The van der Waals surface area contributed by atoms with Crippen LogP contribution < -0.4 is 11.1 Å². The van der Waals surface area contributed by atoms with E-state index in [1.165, 1.54) is 4.90 Å². The van der Waals surface area contributed by atoms with Crippen molar-refractivity contribution >= 4 is 17.7 Å². The van der Waals surface area contributed by atoms with Crippen molar-refractivity contribution in [2.45, 2.75) is 36.1 Å². The molecule has 0 bridgehead atoms. The highest BCUT2D eigenvalue weighted by molar-refractivity contribution is 7.98. The van der Waals surface area contributed by atoms with E-state index in [1.807, 2.05) is 30.5 Å². The summed E-state index contributed by atoms with van der Waals surface area (Å²) in [6.07, 6.45) is 6.33. The molecule has 4 heteroatoms. The molecule has 0 heterocycles. The second-order valence-corrected chi connectivity index (χ2v) is 5.75. The topological polar surface area (TPSA) is 55.1 Å². The fraction of sp³-hybridized carbons (Fsp3) is 0.500. The van der Waals surface area contributed by atoms with Crippen LogP contribution in [0.15, 0.2) is 29.2 Å². The first kappa shape index (κ1) is 13.4. The van der Waals surface area contributed by atoms with Gasteiger partial charge in [0.2, 0.25) is 0 Å². The Morgan fingerprint density at radius 1 is 1.33 bits per heavy atom. The highest BCUT2D eigenvalue weighted by Gasteiger charge is 2.33. The molecule has 3 N–H and O–H groups in total. The summed E-state index contributed by atoms with van der Waals surface area (Å²) in [4.78, 5) is 13.4. The largest absolute Gasteiger partial charge is 0.345 e. The van der Waals surface area contributed by atoms with E-state index < -0.39 is 0 Å². The van der Waals surface area contributed by atoms with Crippen molar-refractivity contribution in [2.75, 3.05) is 12.8 Å². The minimum Gasteiger partial charge on any atom is -0.345 e. The predicted octanol–water partition coefficient (Wildman–Crippen LogP) is 2.41. The van der Waals surface area contributed by atoms with Gasteiger partial charge in [0.25, 0.3) is 5.91 Å². The van der Waals surface area contributed by atoms with Gasteiger partial charge in [0, 0.05) is 17.0 Å². The first-order valence-corrected chi connectivity index (χ1v) is 7.58. The van der Waals surface area contributed by atoms with Gasteiger partial charge in [0.15, 0.2) is 0 Å². The summed E-state index contributed by atoms with van der Waals surface area (Å²) in [5.74, 6) is -0.00463. The molecule has 1 amide bonds. The summed E-state index contributed by atoms with van der Waals surface area (Å²) in [6, 6.07) is 7.70. The maximum absolute atomic E-state index is 12.2. The smallest absolute Gasteiger partial charge is 0.251 e. The monoisotopic (exact) mass is 264 g/mol. The van der Waals surface area contributed by atoms with Crippen molar-refractivity contribution in [3.05, 3.63) is 29.8 Å². The van der Waals surface area contributed by atoms with Gasteiger partial charge in [-0.1, -0.05) is 12.8 Å². The number of hydrogen-bond acceptors (Lipinski definition) is 3. The van der Waals surface area contributed by atoms with Gasteiger partial charge in [-0.05, 0) is 43.4 Å². The molecule has 0 spiro atoms. The van der Waals surface area contributed by atoms with E-state index in [4.69, 9.17) is 5.73 Å². The SMILES string of the molecule is CSc1ccc(C(=O)NC2(CN)CCCC2)cc1. The van der Waals surface area contributed by atoms with Crippen molar-refractivity contribution in [2.24, 2.45) is 5.73 Å². The second kappa shape index (κ2) is 5.76. The van der Waals surface area contributed by atoms with Gasteiger partial charge in [0.1, 0.15) is 0 Å². The van der Waals surface area contributed by atoms with Gasteiger partial charge in [-0.2, -0.15) is 0 Å². The Hall–Kier alpha value is -1.00. The van der Waals surface area contributed by atoms with Gasteiger partial charge < -0.3 is 11.1 Å². The lowest BCUT2D eigenvalue weighted by Gasteiger charge is -2.28. The maximum Gasteiger partial charge on any atom is 0.251 e. The molecule has 0 saturated heterocycles. The Kier molecular flexibility index (Phi) is 4.30. The summed E-state index contributed by atoms with van der Waals surface area (Å²) in [5, 5.41) is 3.13. The standard InChI is InChI=1S/C14H20N2OS/c1-18-12-6-4-11(5-7-12)13(17)16-14(10-15)8-2-3-9-14/h4-7H,2-3,8-10,15H2,1H3,(H,16,17). The molecule has 1 aromatic carbocycles. The predicted molar refractivity (Wildman–Crippen MR) is 75.9 cm³/mol. The zero-order valence-corrected chi connectivity index (χ0v) is 11.6. The average molecular weight is 264 g/mol. The van der Waals surface area contributed by atoms with Gasteiger partial charge in [-0.15, -0.1) is 11.8 Å². The molecule has 1 saturated carbocycles. The first-order valence-electron chi connectivity index (χ1n) is 6.36. The average Bonchev–Trinajstić information content (AvgIpc) is 2.88. The van der Waals surface area contributed by atoms with E-state index in [-0.39, 0.29) is 11.4 Å². The molecular weight excluding hydrogens is 244 g/mol. The Labute approximate surface area is 113 Å². The molecule has 18 heavy (non-hydrogen) atoms. The van der Waals surface area contributed by atoms with Crippen molar-refractivity contribution in [3.8, 4) is 0 Å². The summed E-state index contributed by atoms with van der Waals surface area (Å²) in [6.45, 7) is 0.529. The molecule has 0 aromatic heterocycles. The number of carbonyl (C=O) groups excluding carboxylic acids is 1. The molecule has 98 valence electrons. The van der Waals surface area contributed by atoms with Crippen LogP contribution in [-0.2, 0) is 0 Å². The van der Waals surface area contributed by atoms with E-state index in [2.05, 4.69) is 5.32 Å². The molecule has 0 atom stereocenters. The lowest BCUT2D eigenvalue weighted by molar-refractivity contribution is 0.0903. The number of amides is 1. The fourth-order valence-corrected chi connectivity index (χ4v) is 2.90. The number of rotatable bonds is 4. The zero-order chi connectivity index (χ0) is 13.0. The van der Waals surface area contributed by atoms with Crippen LogP contribution in [0.5, 0.6) is 0 Å². The number of hydrogen-bond donors (Lipinski definition) is 2. The number of benzene rings is 1. The lowest BCUT2D eigenvalue weighted by Crippen LogP contribution is -2.51. The van der Waals surface area contributed by atoms with Crippen LogP contribution in [0.4, 0.5) is 0 Å².